The Morgan fingerprint density at radius 3 is 2.58 bits per heavy atom. The van der Waals surface area contributed by atoms with Crippen LogP contribution in [0.25, 0.3) is 16.5 Å². The lowest BCUT2D eigenvalue weighted by atomic mass is 9.90. The minimum Gasteiger partial charge on any atom is -0.508 e. The van der Waals surface area contributed by atoms with Gasteiger partial charge in [0.1, 0.15) is 11.5 Å². The molecule has 184 valence electrons. The van der Waals surface area contributed by atoms with E-state index in [2.05, 4.69) is 45.5 Å². The number of fused-ring (bicyclic) bond motifs is 1. The summed E-state index contributed by atoms with van der Waals surface area (Å²) >= 11 is 0. The van der Waals surface area contributed by atoms with Crippen molar-refractivity contribution in [1.82, 2.24) is 15.2 Å². The highest BCUT2D eigenvalue weighted by Gasteiger charge is 2.21. The van der Waals surface area contributed by atoms with Crippen LogP contribution in [0.4, 0.5) is 0 Å². The summed E-state index contributed by atoms with van der Waals surface area (Å²) in [6, 6.07) is 23.6. The van der Waals surface area contributed by atoms with Crippen molar-refractivity contribution in [3.63, 3.8) is 0 Å². The maximum atomic E-state index is 12.9. The molecule has 6 heteroatoms. The highest BCUT2D eigenvalue weighted by molar-refractivity contribution is 5.84. The molecule has 0 spiro atoms. The van der Waals surface area contributed by atoms with E-state index in [1.807, 2.05) is 42.6 Å². The van der Waals surface area contributed by atoms with Gasteiger partial charge in [-0.05, 0) is 59.0 Å². The number of para-hydroxylation sites is 1. The molecule has 3 N–H and O–H groups in total. The fourth-order valence-corrected chi connectivity index (χ4v) is 4.89. The normalized spacial score (nSPS) is 14.9. The van der Waals surface area contributed by atoms with Gasteiger partial charge in [0.15, 0.2) is 0 Å². The molecule has 0 aliphatic carbocycles. The van der Waals surface area contributed by atoms with E-state index in [0.29, 0.717) is 13.1 Å². The highest BCUT2D eigenvalue weighted by atomic mass is 16.5. The molecule has 3 aromatic carbocycles. The number of hydrogen-bond acceptors (Lipinski definition) is 4. The van der Waals surface area contributed by atoms with Crippen molar-refractivity contribution in [2.45, 2.75) is 12.3 Å². The zero-order chi connectivity index (χ0) is 24.9. The van der Waals surface area contributed by atoms with Gasteiger partial charge in [0.05, 0.1) is 13.7 Å². The predicted octanol–water partition coefficient (Wildman–Crippen LogP) is 4.92. The molecule has 0 radical (unpaired) electrons. The molecule has 0 fully saturated rings. The number of phenols is 1. The fourth-order valence-electron chi connectivity index (χ4n) is 4.89. The average Bonchev–Trinajstić information content (AvgIpc) is 3.34. The van der Waals surface area contributed by atoms with E-state index in [9.17, 15) is 9.90 Å². The van der Waals surface area contributed by atoms with Gasteiger partial charge in [0.25, 0.3) is 0 Å². The minimum atomic E-state index is 0.0124. The van der Waals surface area contributed by atoms with E-state index in [0.717, 1.165) is 52.9 Å². The van der Waals surface area contributed by atoms with Crippen molar-refractivity contribution < 1.29 is 14.6 Å². The topological polar surface area (TPSA) is 77.6 Å². The van der Waals surface area contributed by atoms with Crippen LogP contribution in [0.1, 0.15) is 29.0 Å². The molecular weight excluding hydrogens is 450 g/mol. The number of aromatic hydroxyl groups is 1. The Morgan fingerprint density at radius 1 is 1.08 bits per heavy atom. The first kappa shape index (κ1) is 23.7. The van der Waals surface area contributed by atoms with E-state index in [1.165, 1.54) is 5.57 Å². The highest BCUT2D eigenvalue weighted by Crippen LogP contribution is 2.31. The summed E-state index contributed by atoms with van der Waals surface area (Å²) in [6.07, 6.45) is 5.10. The summed E-state index contributed by atoms with van der Waals surface area (Å²) in [5, 5.41) is 13.9. The van der Waals surface area contributed by atoms with Crippen molar-refractivity contribution in [2.75, 3.05) is 33.3 Å². The fraction of sp³-hybridized carbons (Fsp3) is 0.233. The molecule has 0 bridgehead atoms. The molecule has 5 rings (SSSR count). The van der Waals surface area contributed by atoms with Crippen molar-refractivity contribution >= 4 is 22.4 Å². The van der Waals surface area contributed by atoms with Crippen LogP contribution >= 0.6 is 0 Å². The number of methoxy groups -OCH3 is 1. The third kappa shape index (κ3) is 5.29. The second kappa shape index (κ2) is 10.7. The third-order valence-electron chi connectivity index (χ3n) is 6.92. The number of benzene rings is 3. The number of ether oxygens (including phenoxy) is 1. The van der Waals surface area contributed by atoms with E-state index in [-0.39, 0.29) is 17.6 Å². The predicted molar refractivity (Wildman–Crippen MR) is 143 cm³/mol. The van der Waals surface area contributed by atoms with Crippen LogP contribution < -0.4 is 10.1 Å². The molecule has 0 saturated heterocycles. The number of amides is 1. The Labute approximate surface area is 211 Å². The van der Waals surface area contributed by atoms with Crippen LogP contribution in [0.2, 0.25) is 0 Å². The van der Waals surface area contributed by atoms with Gasteiger partial charge in [0.2, 0.25) is 5.91 Å². The van der Waals surface area contributed by atoms with Gasteiger partial charge >= 0.3 is 0 Å². The smallest absolute Gasteiger partial charge is 0.234 e. The number of H-pyrrole nitrogens is 1. The molecule has 4 aromatic rings. The van der Waals surface area contributed by atoms with Gasteiger partial charge in [-0.25, -0.2) is 0 Å². The number of aromatic nitrogens is 1. The Morgan fingerprint density at radius 2 is 1.86 bits per heavy atom. The molecule has 1 aromatic heterocycles. The monoisotopic (exact) mass is 481 g/mol. The molecule has 1 unspecified atom stereocenters. The van der Waals surface area contributed by atoms with E-state index in [4.69, 9.17) is 4.74 Å². The number of carbonyl (C=O) groups is 1. The molecule has 6 nitrogen and oxygen atoms in total. The average molecular weight is 482 g/mol. The summed E-state index contributed by atoms with van der Waals surface area (Å²) < 4.78 is 5.34. The summed E-state index contributed by atoms with van der Waals surface area (Å²) in [5.41, 5.74) is 5.75. The van der Waals surface area contributed by atoms with Crippen molar-refractivity contribution in [2.24, 2.45) is 0 Å². The maximum Gasteiger partial charge on any atom is 0.234 e. The largest absolute Gasteiger partial charge is 0.508 e. The zero-order valence-electron chi connectivity index (χ0n) is 20.4. The number of aromatic amines is 1. The van der Waals surface area contributed by atoms with E-state index < -0.39 is 0 Å². The summed E-state index contributed by atoms with van der Waals surface area (Å²) in [6.45, 7) is 2.43. The summed E-state index contributed by atoms with van der Waals surface area (Å²) in [4.78, 5) is 18.5. The maximum absolute atomic E-state index is 12.9. The molecule has 2 heterocycles. The number of rotatable bonds is 8. The van der Waals surface area contributed by atoms with Crippen LogP contribution in [0, 0.1) is 0 Å². The number of nitrogens with one attached hydrogen (secondary N) is 2. The Balaban J connectivity index is 1.25. The van der Waals surface area contributed by atoms with Crippen LogP contribution in [-0.4, -0.2) is 54.2 Å². The zero-order valence-corrected chi connectivity index (χ0v) is 20.4. The minimum absolute atomic E-state index is 0.0124. The molecular formula is C30H31N3O3. The number of nitrogens with zero attached hydrogens (tertiary/aromatic N) is 1. The van der Waals surface area contributed by atoms with Gasteiger partial charge in [-0.1, -0.05) is 48.5 Å². The van der Waals surface area contributed by atoms with Gasteiger partial charge in [-0.2, -0.15) is 0 Å². The van der Waals surface area contributed by atoms with E-state index in [1.54, 1.807) is 19.2 Å². The Kier molecular flexibility index (Phi) is 7.05. The van der Waals surface area contributed by atoms with Gasteiger partial charge in [0, 0.05) is 42.7 Å². The van der Waals surface area contributed by atoms with Gasteiger partial charge in [-0.3, -0.25) is 9.69 Å². The first-order valence-electron chi connectivity index (χ1n) is 12.3. The lowest BCUT2D eigenvalue weighted by Crippen LogP contribution is -2.40. The number of hydrogen-bond donors (Lipinski definition) is 3. The lowest BCUT2D eigenvalue weighted by Gasteiger charge is -2.26. The Hall–Kier alpha value is -4.03. The standard InChI is InChI=1S/C30H31N3O3/c1-36-25-12-8-23(9-13-25)27(28-19-31-29-5-3-2-4-26(28)29)18-32-30(35)20-33-16-14-22(15-17-33)21-6-10-24(34)11-7-21/h2-14,19,27,31,34H,15-18,20H2,1H3,(H,32,35). The first-order valence-corrected chi connectivity index (χ1v) is 12.3. The second-order valence-electron chi connectivity index (χ2n) is 9.18. The van der Waals surface area contributed by atoms with Gasteiger partial charge < -0.3 is 20.1 Å². The van der Waals surface area contributed by atoms with E-state index >= 15 is 0 Å². The summed E-state index contributed by atoms with van der Waals surface area (Å²) in [5.74, 6) is 1.12. The molecule has 0 saturated carbocycles. The molecule has 1 amide bonds. The first-order chi connectivity index (χ1) is 17.6. The SMILES string of the molecule is COc1ccc(C(CNC(=O)CN2CC=C(c3ccc(O)cc3)CC2)c2c[nH]c3ccccc23)cc1. The van der Waals surface area contributed by atoms with Crippen LogP contribution in [0.15, 0.2) is 85.1 Å². The van der Waals surface area contributed by atoms with Crippen LogP contribution in [0.3, 0.4) is 0 Å². The molecule has 36 heavy (non-hydrogen) atoms. The van der Waals surface area contributed by atoms with Crippen molar-refractivity contribution in [3.8, 4) is 11.5 Å². The number of carbonyl (C=O) groups excluding carboxylic acids is 1. The number of phenolic OH excluding ortho intramolecular Hbond substituents is 1. The second-order valence-corrected chi connectivity index (χ2v) is 9.18. The quantitative estimate of drug-likeness (QED) is 0.334. The van der Waals surface area contributed by atoms with Crippen LogP contribution in [0.5, 0.6) is 11.5 Å². The van der Waals surface area contributed by atoms with Crippen LogP contribution in [-0.2, 0) is 4.79 Å². The molecule has 1 aliphatic heterocycles. The lowest BCUT2D eigenvalue weighted by molar-refractivity contribution is -0.122. The van der Waals surface area contributed by atoms with Crippen molar-refractivity contribution in [3.05, 3.63) is 102 Å². The third-order valence-corrected chi connectivity index (χ3v) is 6.92. The molecule has 1 atom stereocenters. The Bertz CT molecular complexity index is 1360. The molecule has 1 aliphatic rings. The van der Waals surface area contributed by atoms with Crippen molar-refractivity contribution in [1.29, 1.82) is 0 Å². The summed E-state index contributed by atoms with van der Waals surface area (Å²) in [7, 11) is 1.66. The van der Waals surface area contributed by atoms with Gasteiger partial charge in [-0.15, -0.1) is 0 Å².